The highest BCUT2D eigenvalue weighted by molar-refractivity contribution is 5.91. The van der Waals surface area contributed by atoms with Crippen molar-refractivity contribution in [2.24, 2.45) is 0 Å². The van der Waals surface area contributed by atoms with Gasteiger partial charge in [0.2, 0.25) is 0 Å². The second-order valence-electron chi connectivity index (χ2n) is 4.78. The van der Waals surface area contributed by atoms with Crippen molar-refractivity contribution >= 4 is 11.7 Å². The lowest BCUT2D eigenvalue weighted by molar-refractivity contribution is 0.189. The lowest BCUT2D eigenvalue weighted by Crippen LogP contribution is -2.39. The number of urea groups is 1. The van der Waals surface area contributed by atoms with Crippen molar-refractivity contribution in [1.29, 1.82) is 0 Å². The lowest BCUT2D eigenvalue weighted by Gasteiger charge is -2.24. The summed E-state index contributed by atoms with van der Waals surface area (Å²) in [7, 11) is 1.47. The molecule has 0 aromatic heterocycles. The predicted molar refractivity (Wildman–Crippen MR) is 73.4 cm³/mol. The first-order valence-electron chi connectivity index (χ1n) is 6.67. The molecule has 0 aliphatic carbocycles. The number of carbonyl (C=O) groups is 1. The van der Waals surface area contributed by atoms with Gasteiger partial charge in [0.15, 0.2) is 0 Å². The van der Waals surface area contributed by atoms with Crippen molar-refractivity contribution < 1.29 is 19.0 Å². The zero-order chi connectivity index (χ0) is 14.5. The zero-order valence-electron chi connectivity index (χ0n) is 11.4. The highest BCUT2D eigenvalue weighted by Gasteiger charge is 2.28. The smallest absolute Gasteiger partial charge is 0.322 e. The van der Waals surface area contributed by atoms with Crippen molar-refractivity contribution in [3.63, 3.8) is 0 Å². The standard InChI is InChI=1S/C14H19FN2O3/c1-20-13-5-4-10(15)9-12(13)16-14(19)17-7-2-3-11(17)6-8-18/h4-5,9,11,18H,2-3,6-8H2,1H3,(H,16,19)/t11-/m1/s1. The average molecular weight is 282 g/mol. The van der Waals surface area contributed by atoms with E-state index in [0.717, 1.165) is 12.8 Å². The summed E-state index contributed by atoms with van der Waals surface area (Å²) in [6.07, 6.45) is 2.36. The molecule has 1 aliphatic heterocycles. The van der Waals surface area contributed by atoms with Crippen LogP contribution in [0.1, 0.15) is 19.3 Å². The predicted octanol–water partition coefficient (Wildman–Crippen LogP) is 2.21. The Labute approximate surface area is 117 Å². The summed E-state index contributed by atoms with van der Waals surface area (Å²) in [6, 6.07) is 3.73. The van der Waals surface area contributed by atoms with Crippen LogP contribution in [0.5, 0.6) is 5.75 Å². The number of rotatable bonds is 4. The second-order valence-corrected chi connectivity index (χ2v) is 4.78. The molecule has 1 fully saturated rings. The van der Waals surface area contributed by atoms with Gasteiger partial charge in [-0.2, -0.15) is 0 Å². The van der Waals surface area contributed by atoms with Crippen molar-refractivity contribution in [3.05, 3.63) is 24.0 Å². The fourth-order valence-electron chi connectivity index (χ4n) is 2.52. The minimum Gasteiger partial charge on any atom is -0.495 e. The van der Waals surface area contributed by atoms with Crippen LogP contribution in [0.15, 0.2) is 18.2 Å². The largest absolute Gasteiger partial charge is 0.495 e. The summed E-state index contributed by atoms with van der Waals surface area (Å²) < 4.78 is 18.4. The van der Waals surface area contributed by atoms with E-state index in [1.807, 2.05) is 0 Å². The molecule has 2 rings (SSSR count). The van der Waals surface area contributed by atoms with Gasteiger partial charge in [-0.25, -0.2) is 9.18 Å². The van der Waals surface area contributed by atoms with E-state index in [4.69, 9.17) is 9.84 Å². The molecular weight excluding hydrogens is 263 g/mol. The average Bonchev–Trinajstić information content (AvgIpc) is 2.88. The number of likely N-dealkylation sites (tertiary alicyclic amines) is 1. The SMILES string of the molecule is COc1ccc(F)cc1NC(=O)N1CCC[C@@H]1CCO. The van der Waals surface area contributed by atoms with Gasteiger partial charge in [-0.3, -0.25) is 0 Å². The quantitative estimate of drug-likeness (QED) is 0.890. The highest BCUT2D eigenvalue weighted by atomic mass is 19.1. The molecule has 2 N–H and O–H groups in total. The first-order valence-corrected chi connectivity index (χ1v) is 6.67. The maximum absolute atomic E-state index is 13.3. The minimum absolute atomic E-state index is 0.0413. The van der Waals surface area contributed by atoms with Crippen LogP contribution in [0.3, 0.4) is 0 Å². The Morgan fingerprint density at radius 2 is 2.40 bits per heavy atom. The molecule has 2 amide bonds. The molecule has 1 atom stereocenters. The monoisotopic (exact) mass is 282 g/mol. The summed E-state index contributed by atoms with van der Waals surface area (Å²) in [5.74, 6) is -0.0212. The topological polar surface area (TPSA) is 61.8 Å². The number of nitrogens with one attached hydrogen (secondary N) is 1. The molecule has 0 bridgehead atoms. The molecule has 110 valence electrons. The van der Waals surface area contributed by atoms with E-state index in [9.17, 15) is 9.18 Å². The maximum atomic E-state index is 13.3. The van der Waals surface area contributed by atoms with Crippen LogP contribution in [-0.4, -0.2) is 42.3 Å². The number of nitrogens with zero attached hydrogens (tertiary/aromatic N) is 1. The molecule has 20 heavy (non-hydrogen) atoms. The van der Waals surface area contributed by atoms with Gasteiger partial charge < -0.3 is 20.1 Å². The summed E-state index contributed by atoms with van der Waals surface area (Å²) in [5, 5.41) is 11.7. The van der Waals surface area contributed by atoms with E-state index in [0.29, 0.717) is 24.4 Å². The van der Waals surface area contributed by atoms with E-state index >= 15 is 0 Å². The van der Waals surface area contributed by atoms with Crippen LogP contribution >= 0.6 is 0 Å². The summed E-state index contributed by atoms with van der Waals surface area (Å²) in [4.78, 5) is 13.9. The first kappa shape index (κ1) is 14.6. The Balaban J connectivity index is 2.09. The van der Waals surface area contributed by atoms with E-state index in [-0.39, 0.29) is 18.7 Å². The molecular formula is C14H19FN2O3. The highest BCUT2D eigenvalue weighted by Crippen LogP contribution is 2.27. The normalized spacial score (nSPS) is 18.1. The van der Waals surface area contributed by atoms with Gasteiger partial charge in [-0.15, -0.1) is 0 Å². The number of carbonyl (C=O) groups excluding carboxylic acids is 1. The van der Waals surface area contributed by atoms with E-state index < -0.39 is 5.82 Å². The van der Waals surface area contributed by atoms with Crippen LogP contribution in [0.2, 0.25) is 0 Å². The lowest BCUT2D eigenvalue weighted by atomic mass is 10.1. The molecule has 1 heterocycles. The van der Waals surface area contributed by atoms with E-state index in [1.54, 1.807) is 4.90 Å². The molecule has 0 saturated carbocycles. The van der Waals surface area contributed by atoms with Crippen LogP contribution in [-0.2, 0) is 0 Å². The van der Waals surface area contributed by atoms with E-state index in [2.05, 4.69) is 5.32 Å². The number of aliphatic hydroxyl groups is 1. The van der Waals surface area contributed by atoms with Crippen LogP contribution < -0.4 is 10.1 Å². The number of ether oxygens (including phenoxy) is 1. The minimum atomic E-state index is -0.436. The number of halogens is 1. The second kappa shape index (κ2) is 6.56. The van der Waals surface area contributed by atoms with Crippen molar-refractivity contribution in [2.75, 3.05) is 25.6 Å². The molecule has 0 unspecified atom stereocenters. The van der Waals surface area contributed by atoms with Gasteiger partial charge in [-0.05, 0) is 31.4 Å². The third kappa shape index (κ3) is 3.19. The van der Waals surface area contributed by atoms with Gasteiger partial charge >= 0.3 is 6.03 Å². The Bertz CT molecular complexity index is 481. The Morgan fingerprint density at radius 3 is 3.10 bits per heavy atom. The van der Waals surface area contributed by atoms with Crippen molar-refractivity contribution in [1.82, 2.24) is 4.90 Å². The molecule has 1 saturated heterocycles. The van der Waals surface area contributed by atoms with Gasteiger partial charge in [0.1, 0.15) is 11.6 Å². The fourth-order valence-corrected chi connectivity index (χ4v) is 2.52. The number of benzene rings is 1. The third-order valence-corrected chi connectivity index (χ3v) is 3.50. The maximum Gasteiger partial charge on any atom is 0.322 e. The number of anilines is 1. The number of hydrogen-bond donors (Lipinski definition) is 2. The summed E-state index contributed by atoms with van der Waals surface area (Å²) in [5.41, 5.74) is 0.312. The molecule has 1 aromatic rings. The van der Waals surface area contributed by atoms with Crippen LogP contribution in [0, 0.1) is 5.82 Å². The number of methoxy groups -OCH3 is 1. The van der Waals surface area contributed by atoms with Gasteiger partial charge in [-0.1, -0.05) is 0 Å². The molecule has 6 heteroatoms. The third-order valence-electron chi connectivity index (χ3n) is 3.50. The zero-order valence-corrected chi connectivity index (χ0v) is 11.4. The van der Waals surface area contributed by atoms with E-state index in [1.165, 1.54) is 25.3 Å². The first-order chi connectivity index (χ1) is 9.65. The van der Waals surface area contributed by atoms with Crippen molar-refractivity contribution in [3.8, 4) is 5.75 Å². The number of hydrogen-bond acceptors (Lipinski definition) is 3. The number of amides is 2. The molecule has 0 radical (unpaired) electrons. The van der Waals surface area contributed by atoms with Crippen LogP contribution in [0.4, 0.5) is 14.9 Å². The van der Waals surface area contributed by atoms with Gasteiger partial charge in [0.25, 0.3) is 0 Å². The molecule has 5 nitrogen and oxygen atoms in total. The Hall–Kier alpha value is -1.82. The number of aliphatic hydroxyl groups excluding tert-OH is 1. The summed E-state index contributed by atoms with van der Waals surface area (Å²) >= 11 is 0. The Kier molecular flexibility index (Phi) is 4.79. The molecule has 1 aromatic carbocycles. The van der Waals surface area contributed by atoms with Crippen LogP contribution in [0.25, 0.3) is 0 Å². The fraction of sp³-hybridized carbons (Fsp3) is 0.500. The molecule has 0 spiro atoms. The Morgan fingerprint density at radius 1 is 1.60 bits per heavy atom. The molecule has 1 aliphatic rings. The summed E-state index contributed by atoms with van der Waals surface area (Å²) in [6.45, 7) is 0.700. The van der Waals surface area contributed by atoms with Gasteiger partial charge in [0, 0.05) is 25.3 Å². The van der Waals surface area contributed by atoms with Gasteiger partial charge in [0.05, 0.1) is 12.8 Å². The van der Waals surface area contributed by atoms with Crippen molar-refractivity contribution in [2.45, 2.75) is 25.3 Å².